The first kappa shape index (κ1) is 30.7. The van der Waals surface area contributed by atoms with Crippen molar-refractivity contribution in [2.75, 3.05) is 32.6 Å². The molecule has 1 aromatic carbocycles. The lowest BCUT2D eigenvalue weighted by Gasteiger charge is -2.54. The molecule has 0 aromatic heterocycles. The monoisotopic (exact) mass is 592 g/mol. The third-order valence-corrected chi connectivity index (χ3v) is 8.09. The van der Waals surface area contributed by atoms with E-state index in [4.69, 9.17) is 20.9 Å². The predicted molar refractivity (Wildman–Crippen MR) is 136 cm³/mol. The molecule has 2 amide bonds. The summed E-state index contributed by atoms with van der Waals surface area (Å²) in [7, 11) is 1.84. The van der Waals surface area contributed by atoms with Crippen LogP contribution >= 0.6 is 0 Å². The van der Waals surface area contributed by atoms with Gasteiger partial charge in [0.1, 0.15) is 17.7 Å². The Bertz CT molecular complexity index is 1410. The minimum atomic E-state index is -2.77. The highest BCUT2D eigenvalue weighted by atomic mass is 19.1. The van der Waals surface area contributed by atoms with Crippen LogP contribution in [0.15, 0.2) is 6.07 Å². The number of rotatable bonds is 7. The van der Waals surface area contributed by atoms with Crippen LogP contribution in [0.2, 0.25) is 0 Å². The molecule has 226 valence electrons. The first-order valence-electron chi connectivity index (χ1n) is 12.8. The van der Waals surface area contributed by atoms with Crippen molar-refractivity contribution in [3.8, 4) is 5.75 Å². The lowest BCUT2D eigenvalue weighted by Crippen LogP contribution is -2.78. The third kappa shape index (κ3) is 4.42. The Balaban J connectivity index is 1.92. The summed E-state index contributed by atoms with van der Waals surface area (Å²) in [5, 5.41) is 16.0. The van der Waals surface area contributed by atoms with Crippen LogP contribution in [0.25, 0.3) is 0 Å². The highest BCUT2D eigenvalue weighted by Gasteiger charge is 2.73. The molecule has 7 N–H and O–H groups in total. The summed E-state index contributed by atoms with van der Waals surface area (Å²) in [6, 6.07) is -1.05. The molecular weight excluding hydrogens is 563 g/mol. The van der Waals surface area contributed by atoms with E-state index in [9.17, 15) is 38.7 Å². The minimum Gasteiger partial charge on any atom is -0.505 e. The number of ketones is 4. The van der Waals surface area contributed by atoms with Gasteiger partial charge in [-0.3, -0.25) is 28.8 Å². The number of carbonyl (C=O) groups is 7. The predicted octanol–water partition coefficient (Wildman–Crippen LogP) is -1.63. The second-order valence-electron chi connectivity index (χ2n) is 10.1. The van der Waals surface area contributed by atoms with E-state index in [1.807, 2.05) is 0 Å². The van der Waals surface area contributed by atoms with Gasteiger partial charge in [-0.05, 0) is 13.0 Å². The molecule has 3 aliphatic rings. The molecule has 0 bridgehead atoms. The van der Waals surface area contributed by atoms with Crippen LogP contribution in [0.4, 0.5) is 14.9 Å². The number of amides is 2. The Morgan fingerprint density at radius 2 is 1.83 bits per heavy atom. The fourth-order valence-electron chi connectivity index (χ4n) is 6.27. The highest BCUT2D eigenvalue weighted by Crippen LogP contribution is 2.53. The van der Waals surface area contributed by atoms with E-state index in [-0.39, 0.29) is 12.1 Å². The van der Waals surface area contributed by atoms with Crippen LogP contribution in [0.1, 0.15) is 22.8 Å². The highest BCUT2D eigenvalue weighted by molar-refractivity contribution is 6.32. The molecule has 0 heterocycles. The fraction of sp³-hybridized carbons (Fsp3) is 0.500. The number of ether oxygens (including phenoxy) is 3. The van der Waals surface area contributed by atoms with E-state index >= 15 is 4.39 Å². The van der Waals surface area contributed by atoms with Crippen LogP contribution in [0.3, 0.4) is 0 Å². The van der Waals surface area contributed by atoms with Crippen molar-refractivity contribution in [3.05, 3.63) is 23.0 Å². The van der Waals surface area contributed by atoms with Gasteiger partial charge in [0.25, 0.3) is 0 Å². The van der Waals surface area contributed by atoms with Gasteiger partial charge in [-0.2, -0.15) is 0 Å². The number of likely N-dealkylation sites (N-methyl/N-ethyl adjacent to an activating group) is 1. The number of hydrogen-bond donors (Lipinski definition) is 5. The average molecular weight is 593 g/mol. The van der Waals surface area contributed by atoms with Gasteiger partial charge in [-0.15, -0.1) is 0 Å². The van der Waals surface area contributed by atoms with Gasteiger partial charge in [-0.1, -0.05) is 6.92 Å². The Morgan fingerprint density at radius 1 is 1.17 bits per heavy atom. The molecule has 15 nitrogen and oxygen atoms in total. The second kappa shape index (κ2) is 11.2. The maximum atomic E-state index is 15.5. The summed E-state index contributed by atoms with van der Waals surface area (Å²) in [6.07, 6.45) is -3.59. The molecule has 42 heavy (non-hydrogen) atoms. The summed E-state index contributed by atoms with van der Waals surface area (Å²) in [6.45, 7) is 1.97. The number of hydrogen-bond acceptors (Lipinski definition) is 13. The number of halogens is 1. The van der Waals surface area contributed by atoms with Crippen molar-refractivity contribution in [1.82, 2.24) is 5.32 Å². The SMILES string of the molecule is CCNCC(=O)Nc1cc(F)c2c(c1O)C(=O)C1C(=O)C3(OC)C(=O)C(C(N)=O)C(=O)C(N)C3C(OC(=O)OC)C1C2. The van der Waals surface area contributed by atoms with Gasteiger partial charge in [0.2, 0.25) is 11.8 Å². The molecule has 3 aliphatic carbocycles. The van der Waals surface area contributed by atoms with Crippen molar-refractivity contribution < 1.29 is 57.3 Å². The zero-order chi connectivity index (χ0) is 31.3. The zero-order valence-electron chi connectivity index (χ0n) is 22.7. The molecule has 7 unspecified atom stereocenters. The van der Waals surface area contributed by atoms with Crippen LogP contribution in [-0.2, 0) is 44.6 Å². The molecule has 0 saturated heterocycles. The summed E-state index contributed by atoms with van der Waals surface area (Å²) in [5.74, 6) is -16.3. The van der Waals surface area contributed by atoms with Gasteiger partial charge in [0, 0.05) is 24.7 Å². The largest absolute Gasteiger partial charge is 0.508 e. The van der Waals surface area contributed by atoms with E-state index in [1.165, 1.54) is 0 Å². The smallest absolute Gasteiger partial charge is 0.505 e. The summed E-state index contributed by atoms with van der Waals surface area (Å²) in [5.41, 5.74) is 7.17. The zero-order valence-corrected chi connectivity index (χ0v) is 22.7. The average Bonchev–Trinajstić information content (AvgIpc) is 2.94. The van der Waals surface area contributed by atoms with E-state index in [0.717, 1.165) is 20.3 Å². The second-order valence-corrected chi connectivity index (χ2v) is 10.1. The van der Waals surface area contributed by atoms with Crippen molar-refractivity contribution in [2.45, 2.75) is 31.1 Å². The van der Waals surface area contributed by atoms with Crippen molar-refractivity contribution in [2.24, 2.45) is 35.1 Å². The summed E-state index contributed by atoms with van der Waals surface area (Å²) >= 11 is 0. The number of Topliss-reactive ketones (excluding diaryl/α,β-unsaturated/α-hetero) is 4. The number of benzene rings is 1. The first-order valence-corrected chi connectivity index (χ1v) is 12.8. The number of phenols is 1. The van der Waals surface area contributed by atoms with E-state index in [1.54, 1.807) is 6.92 Å². The Labute approximate surface area is 237 Å². The van der Waals surface area contributed by atoms with Crippen LogP contribution in [-0.4, -0.2) is 91.3 Å². The molecule has 0 radical (unpaired) electrons. The molecular formula is C26H29FN4O11. The molecule has 16 heteroatoms. The summed E-state index contributed by atoms with van der Waals surface area (Å²) < 4.78 is 30.8. The van der Waals surface area contributed by atoms with Gasteiger partial charge in [0.05, 0.1) is 42.8 Å². The van der Waals surface area contributed by atoms with Gasteiger partial charge >= 0.3 is 6.16 Å². The van der Waals surface area contributed by atoms with Gasteiger partial charge < -0.3 is 41.4 Å². The maximum absolute atomic E-state index is 15.5. The van der Waals surface area contributed by atoms with Crippen LogP contribution in [0.5, 0.6) is 5.75 Å². The number of nitrogens with one attached hydrogen (secondary N) is 2. The number of carbonyl (C=O) groups excluding carboxylic acids is 7. The maximum Gasteiger partial charge on any atom is 0.508 e. The van der Waals surface area contributed by atoms with Gasteiger partial charge in [0.15, 0.2) is 34.7 Å². The van der Waals surface area contributed by atoms with Crippen molar-refractivity contribution >= 4 is 46.8 Å². The number of aromatic hydroxyl groups is 1. The lowest BCUT2D eigenvalue weighted by atomic mass is 9.51. The standard InChI is InChI=1S/C26H29FN4O11/c1-4-30-7-12(32)31-11-6-10(27)8-5-9-14(19(34)13(8)18(11)33)22(36)26(41-3)16(21(9)42-25(39)40-2)17(28)20(35)15(23(26)37)24(29)38/h6,9,14-17,21,30,33H,4-5,7,28H2,1-3H3,(H2,29,38)(H,31,32). The Hall–Kier alpha value is -4.28. The molecule has 0 aliphatic heterocycles. The molecule has 7 atom stereocenters. The van der Waals surface area contributed by atoms with E-state index in [2.05, 4.69) is 15.4 Å². The summed E-state index contributed by atoms with van der Waals surface area (Å²) in [4.78, 5) is 91.5. The third-order valence-electron chi connectivity index (χ3n) is 8.09. The normalized spacial score (nSPS) is 30.1. The van der Waals surface area contributed by atoms with Crippen molar-refractivity contribution in [3.63, 3.8) is 0 Å². The number of primary amides is 1. The Morgan fingerprint density at radius 3 is 2.40 bits per heavy atom. The quantitative estimate of drug-likeness (QED) is 0.136. The van der Waals surface area contributed by atoms with Crippen molar-refractivity contribution in [1.29, 1.82) is 0 Å². The number of phenolic OH excluding ortho intramolecular Hbond substituents is 1. The molecule has 2 fully saturated rings. The van der Waals surface area contributed by atoms with E-state index in [0.29, 0.717) is 6.54 Å². The topological polar surface area (TPSA) is 244 Å². The van der Waals surface area contributed by atoms with Gasteiger partial charge in [-0.25, -0.2) is 9.18 Å². The number of anilines is 1. The number of methoxy groups -OCH3 is 2. The molecule has 0 spiro atoms. The molecule has 1 aromatic rings. The minimum absolute atomic E-state index is 0.196. The van der Waals surface area contributed by atoms with Crippen LogP contribution < -0.4 is 22.1 Å². The number of fused-ring (bicyclic) bond motifs is 3. The first-order chi connectivity index (χ1) is 19.8. The Kier molecular flexibility index (Phi) is 8.17. The fourth-order valence-corrected chi connectivity index (χ4v) is 6.27. The number of nitrogens with two attached hydrogens (primary N) is 2. The lowest BCUT2D eigenvalue weighted by molar-refractivity contribution is -0.197. The molecule has 4 rings (SSSR count). The van der Waals surface area contributed by atoms with E-state index < -0.39 is 112 Å². The molecule has 2 saturated carbocycles. The van der Waals surface area contributed by atoms with Crippen LogP contribution in [0, 0.1) is 29.5 Å².